The van der Waals surface area contributed by atoms with E-state index in [2.05, 4.69) is 15.5 Å². The van der Waals surface area contributed by atoms with Gasteiger partial charge in [0.05, 0.1) is 12.6 Å². The second kappa shape index (κ2) is 6.03. The van der Waals surface area contributed by atoms with E-state index in [1.165, 1.54) is 7.11 Å². The van der Waals surface area contributed by atoms with Gasteiger partial charge in [-0.1, -0.05) is 18.2 Å². The summed E-state index contributed by atoms with van der Waals surface area (Å²) in [5.74, 6) is -0.652. The van der Waals surface area contributed by atoms with Crippen LogP contribution >= 0.6 is 0 Å². The number of nitrogens with one attached hydrogen (secondary N) is 2. The SMILES string of the molecule is COC(=O)c1n[nH]c2ccc(NC(=O)c3oc4ccccc4c3C)cc12. The molecule has 0 radical (unpaired) electrons. The molecule has 0 spiro atoms. The summed E-state index contributed by atoms with van der Waals surface area (Å²) < 4.78 is 10.4. The maximum Gasteiger partial charge on any atom is 0.359 e. The minimum atomic E-state index is -0.548. The van der Waals surface area contributed by atoms with Gasteiger partial charge in [-0.3, -0.25) is 9.89 Å². The van der Waals surface area contributed by atoms with Crippen molar-refractivity contribution < 1.29 is 18.7 Å². The first-order valence-electron chi connectivity index (χ1n) is 7.94. The number of carbonyl (C=O) groups excluding carboxylic acids is 2. The Kier molecular flexibility index (Phi) is 3.69. The number of ether oxygens (including phenoxy) is 1. The number of aryl methyl sites for hydroxylation is 1. The third kappa shape index (κ3) is 2.50. The highest BCUT2D eigenvalue weighted by atomic mass is 16.5. The molecule has 0 saturated heterocycles. The number of hydrogen-bond acceptors (Lipinski definition) is 5. The van der Waals surface area contributed by atoms with E-state index in [0.717, 1.165) is 10.9 Å². The van der Waals surface area contributed by atoms with Crippen molar-refractivity contribution in [3.63, 3.8) is 0 Å². The normalized spacial score (nSPS) is 11.0. The first-order chi connectivity index (χ1) is 12.6. The summed E-state index contributed by atoms with van der Waals surface area (Å²) in [6, 6.07) is 12.6. The Bertz CT molecular complexity index is 1160. The van der Waals surface area contributed by atoms with Crippen molar-refractivity contribution in [2.75, 3.05) is 12.4 Å². The number of rotatable bonds is 3. The molecule has 7 heteroatoms. The van der Waals surface area contributed by atoms with Crippen LogP contribution in [0.25, 0.3) is 21.9 Å². The van der Waals surface area contributed by atoms with Gasteiger partial charge in [-0.2, -0.15) is 5.10 Å². The van der Waals surface area contributed by atoms with E-state index in [0.29, 0.717) is 22.2 Å². The summed E-state index contributed by atoms with van der Waals surface area (Å²) in [6.45, 7) is 1.84. The largest absolute Gasteiger partial charge is 0.464 e. The Morgan fingerprint density at radius 2 is 1.96 bits per heavy atom. The standard InChI is InChI=1S/C19H15N3O4/c1-10-12-5-3-4-6-15(12)26-17(10)18(23)20-11-7-8-14-13(9-11)16(22-21-14)19(24)25-2/h3-9H,1-2H3,(H,20,23)(H,21,22). The smallest absolute Gasteiger partial charge is 0.359 e. The van der Waals surface area contributed by atoms with Gasteiger partial charge in [0.1, 0.15) is 5.58 Å². The minimum absolute atomic E-state index is 0.165. The number of carbonyl (C=O) groups is 2. The van der Waals surface area contributed by atoms with Crippen molar-refractivity contribution in [3.05, 3.63) is 59.5 Å². The number of furan rings is 1. The van der Waals surface area contributed by atoms with E-state index in [4.69, 9.17) is 9.15 Å². The maximum atomic E-state index is 12.6. The first kappa shape index (κ1) is 15.9. The van der Waals surface area contributed by atoms with Crippen molar-refractivity contribution in [3.8, 4) is 0 Å². The van der Waals surface area contributed by atoms with Crippen molar-refractivity contribution in [2.24, 2.45) is 0 Å². The zero-order valence-corrected chi connectivity index (χ0v) is 14.1. The molecule has 1 amide bonds. The lowest BCUT2D eigenvalue weighted by atomic mass is 10.1. The number of anilines is 1. The fourth-order valence-corrected chi connectivity index (χ4v) is 2.92. The van der Waals surface area contributed by atoms with Crippen molar-refractivity contribution in [2.45, 2.75) is 6.92 Å². The monoisotopic (exact) mass is 349 g/mol. The summed E-state index contributed by atoms with van der Waals surface area (Å²) in [4.78, 5) is 24.4. The van der Waals surface area contributed by atoms with Crippen molar-refractivity contribution in [1.29, 1.82) is 0 Å². The highest BCUT2D eigenvalue weighted by molar-refractivity contribution is 6.08. The average Bonchev–Trinajstić information content (AvgIpc) is 3.22. The van der Waals surface area contributed by atoms with Gasteiger partial charge in [0.2, 0.25) is 0 Å². The van der Waals surface area contributed by atoms with Gasteiger partial charge in [-0.05, 0) is 31.2 Å². The molecule has 4 rings (SSSR count). The topological polar surface area (TPSA) is 97.2 Å². The molecule has 2 heterocycles. The van der Waals surface area contributed by atoms with Crippen molar-refractivity contribution in [1.82, 2.24) is 10.2 Å². The Balaban J connectivity index is 1.68. The number of hydrogen-bond donors (Lipinski definition) is 2. The Morgan fingerprint density at radius 1 is 1.15 bits per heavy atom. The molecule has 0 bridgehead atoms. The van der Waals surface area contributed by atoms with E-state index < -0.39 is 5.97 Å². The highest BCUT2D eigenvalue weighted by Gasteiger charge is 2.19. The summed E-state index contributed by atoms with van der Waals surface area (Å²) in [5.41, 5.74) is 2.79. The molecule has 2 aromatic heterocycles. The molecule has 2 N–H and O–H groups in total. The summed E-state index contributed by atoms with van der Waals surface area (Å²) >= 11 is 0. The van der Waals surface area contributed by atoms with Crippen LogP contribution in [0, 0.1) is 6.92 Å². The average molecular weight is 349 g/mol. The fourth-order valence-electron chi connectivity index (χ4n) is 2.92. The first-order valence-corrected chi connectivity index (χ1v) is 7.94. The number of methoxy groups -OCH3 is 1. The number of nitrogens with zero attached hydrogens (tertiary/aromatic N) is 1. The molecule has 0 aliphatic heterocycles. The van der Waals surface area contributed by atoms with Crippen LogP contribution in [-0.2, 0) is 4.74 Å². The molecule has 0 aliphatic rings. The van der Waals surface area contributed by atoms with E-state index in [9.17, 15) is 9.59 Å². The van der Waals surface area contributed by atoms with Crippen LogP contribution in [0.4, 0.5) is 5.69 Å². The van der Waals surface area contributed by atoms with E-state index in [1.54, 1.807) is 18.2 Å². The maximum absolute atomic E-state index is 12.6. The lowest BCUT2D eigenvalue weighted by Gasteiger charge is -2.04. The number of fused-ring (bicyclic) bond motifs is 2. The van der Waals surface area contributed by atoms with Crippen LogP contribution < -0.4 is 5.32 Å². The van der Waals surface area contributed by atoms with E-state index >= 15 is 0 Å². The highest BCUT2D eigenvalue weighted by Crippen LogP contribution is 2.26. The van der Waals surface area contributed by atoms with Crippen LogP contribution in [0.3, 0.4) is 0 Å². The molecule has 4 aromatic rings. The summed E-state index contributed by atoms with van der Waals surface area (Å²) in [6.07, 6.45) is 0. The molecule has 26 heavy (non-hydrogen) atoms. The Labute approximate surface area is 147 Å². The quantitative estimate of drug-likeness (QED) is 0.550. The molecule has 0 aliphatic carbocycles. The molecular weight excluding hydrogens is 334 g/mol. The summed E-state index contributed by atoms with van der Waals surface area (Å²) in [7, 11) is 1.29. The zero-order valence-electron chi connectivity index (χ0n) is 14.1. The van der Waals surface area contributed by atoms with Gasteiger partial charge in [0.25, 0.3) is 5.91 Å². The molecule has 7 nitrogen and oxygen atoms in total. The second-order valence-corrected chi connectivity index (χ2v) is 5.83. The van der Waals surface area contributed by atoms with Crippen molar-refractivity contribution >= 4 is 39.4 Å². The van der Waals surface area contributed by atoms with Gasteiger partial charge in [-0.15, -0.1) is 0 Å². The van der Waals surface area contributed by atoms with Gasteiger partial charge in [0.15, 0.2) is 11.5 Å². The predicted octanol–water partition coefficient (Wildman–Crippen LogP) is 3.66. The third-order valence-corrected chi connectivity index (χ3v) is 4.25. The molecule has 0 atom stereocenters. The van der Waals surface area contributed by atoms with Gasteiger partial charge in [0, 0.05) is 22.0 Å². The Morgan fingerprint density at radius 3 is 2.73 bits per heavy atom. The van der Waals surface area contributed by atoms with Crippen LogP contribution in [0.1, 0.15) is 26.6 Å². The van der Waals surface area contributed by atoms with Gasteiger partial charge < -0.3 is 14.5 Å². The number of para-hydroxylation sites is 1. The second-order valence-electron chi connectivity index (χ2n) is 5.83. The minimum Gasteiger partial charge on any atom is -0.464 e. The van der Waals surface area contributed by atoms with E-state index in [1.807, 2.05) is 31.2 Å². The van der Waals surface area contributed by atoms with E-state index in [-0.39, 0.29) is 17.4 Å². The lowest BCUT2D eigenvalue weighted by molar-refractivity contribution is 0.0596. The molecule has 0 fully saturated rings. The number of amides is 1. The third-order valence-electron chi connectivity index (χ3n) is 4.25. The van der Waals surface area contributed by atoms with Crippen LogP contribution in [0.15, 0.2) is 46.9 Å². The molecular formula is C19H15N3O4. The van der Waals surface area contributed by atoms with Crippen LogP contribution in [-0.4, -0.2) is 29.2 Å². The molecule has 2 aromatic carbocycles. The Hall–Kier alpha value is -3.61. The van der Waals surface area contributed by atoms with Crippen LogP contribution in [0.2, 0.25) is 0 Å². The lowest BCUT2D eigenvalue weighted by Crippen LogP contribution is -2.12. The number of H-pyrrole nitrogens is 1. The molecule has 130 valence electrons. The number of aromatic nitrogens is 2. The predicted molar refractivity (Wildman–Crippen MR) is 96.3 cm³/mol. The van der Waals surface area contributed by atoms with Gasteiger partial charge in [-0.25, -0.2) is 4.79 Å². The fraction of sp³-hybridized carbons (Fsp3) is 0.105. The molecule has 0 unspecified atom stereocenters. The zero-order chi connectivity index (χ0) is 18.3. The summed E-state index contributed by atoms with van der Waals surface area (Å²) in [5, 5.41) is 11.0. The van der Waals surface area contributed by atoms with Crippen LogP contribution in [0.5, 0.6) is 0 Å². The van der Waals surface area contributed by atoms with Gasteiger partial charge >= 0.3 is 5.97 Å². The molecule has 0 saturated carbocycles. The number of esters is 1. The number of benzene rings is 2. The number of aromatic amines is 1.